The molecule has 1 aromatic heterocycles. The lowest BCUT2D eigenvalue weighted by atomic mass is 10.0. The number of ether oxygens (including phenoxy) is 1. The lowest BCUT2D eigenvalue weighted by molar-refractivity contribution is 0.398. The second kappa shape index (κ2) is 5.59. The number of hydrogen-bond acceptors (Lipinski definition) is 3. The van der Waals surface area contributed by atoms with Crippen LogP contribution in [0.4, 0.5) is 4.39 Å². The van der Waals surface area contributed by atoms with E-state index in [1.54, 1.807) is 25.4 Å². The Morgan fingerprint density at radius 2 is 2.15 bits per heavy atom. The zero-order valence-corrected chi connectivity index (χ0v) is 11.4. The molecule has 0 atom stereocenters. The fourth-order valence-electron chi connectivity index (χ4n) is 2.17. The smallest absolute Gasteiger partial charge is 0.212 e. The molecule has 0 aliphatic heterocycles. The van der Waals surface area contributed by atoms with E-state index in [2.05, 4.69) is 10.3 Å². The van der Waals surface area contributed by atoms with Crippen LogP contribution in [0, 0.1) is 5.82 Å². The molecule has 0 saturated heterocycles. The Morgan fingerprint density at radius 3 is 2.80 bits per heavy atom. The monoisotopic (exact) mass is 272 g/mol. The Kier molecular flexibility index (Phi) is 3.65. The number of rotatable bonds is 5. The molecule has 0 spiro atoms. The third kappa shape index (κ3) is 2.96. The fraction of sp³-hybridized carbons (Fsp3) is 0.312. The van der Waals surface area contributed by atoms with Crippen LogP contribution in [0.15, 0.2) is 36.5 Å². The Hall–Kier alpha value is -1.94. The SMILES string of the molecule is COc1ccc(-c2cc(F)ccc2CNC2CC2)cn1. The van der Waals surface area contributed by atoms with E-state index in [0.717, 1.165) is 23.2 Å². The minimum absolute atomic E-state index is 0.231. The third-order valence-electron chi connectivity index (χ3n) is 3.49. The lowest BCUT2D eigenvalue weighted by Crippen LogP contribution is -2.16. The third-order valence-corrected chi connectivity index (χ3v) is 3.49. The van der Waals surface area contributed by atoms with Crippen LogP contribution in [0.5, 0.6) is 5.88 Å². The summed E-state index contributed by atoms with van der Waals surface area (Å²) in [5.74, 6) is 0.328. The van der Waals surface area contributed by atoms with Crippen LogP contribution >= 0.6 is 0 Å². The maximum absolute atomic E-state index is 13.5. The average Bonchev–Trinajstić information content (AvgIpc) is 3.30. The van der Waals surface area contributed by atoms with E-state index in [0.29, 0.717) is 11.9 Å². The van der Waals surface area contributed by atoms with Gasteiger partial charge in [-0.2, -0.15) is 0 Å². The summed E-state index contributed by atoms with van der Waals surface area (Å²) in [7, 11) is 1.58. The van der Waals surface area contributed by atoms with Crippen LogP contribution < -0.4 is 10.1 Å². The number of halogens is 1. The molecule has 3 rings (SSSR count). The zero-order chi connectivity index (χ0) is 13.9. The Morgan fingerprint density at radius 1 is 1.30 bits per heavy atom. The van der Waals surface area contributed by atoms with Gasteiger partial charge in [0, 0.05) is 30.4 Å². The first-order valence-electron chi connectivity index (χ1n) is 6.78. The summed E-state index contributed by atoms with van der Waals surface area (Å²) in [6.45, 7) is 0.756. The van der Waals surface area contributed by atoms with E-state index in [1.165, 1.54) is 18.9 Å². The number of methoxy groups -OCH3 is 1. The molecule has 0 radical (unpaired) electrons. The maximum Gasteiger partial charge on any atom is 0.212 e. The summed E-state index contributed by atoms with van der Waals surface area (Å²) >= 11 is 0. The first-order chi connectivity index (χ1) is 9.76. The van der Waals surface area contributed by atoms with E-state index in [1.807, 2.05) is 12.1 Å². The first kappa shape index (κ1) is 13.1. The van der Waals surface area contributed by atoms with E-state index in [-0.39, 0.29) is 5.82 Å². The Labute approximate surface area is 117 Å². The largest absolute Gasteiger partial charge is 0.481 e. The van der Waals surface area contributed by atoms with Crippen molar-refractivity contribution in [3.8, 4) is 17.0 Å². The second-order valence-electron chi connectivity index (χ2n) is 5.05. The second-order valence-corrected chi connectivity index (χ2v) is 5.05. The average molecular weight is 272 g/mol. The highest BCUT2D eigenvalue weighted by Gasteiger charge is 2.20. The zero-order valence-electron chi connectivity index (χ0n) is 11.4. The summed E-state index contributed by atoms with van der Waals surface area (Å²) in [5, 5.41) is 3.46. The number of hydrogen-bond donors (Lipinski definition) is 1. The van der Waals surface area contributed by atoms with E-state index < -0.39 is 0 Å². The van der Waals surface area contributed by atoms with Gasteiger partial charge in [-0.3, -0.25) is 0 Å². The van der Waals surface area contributed by atoms with Crippen molar-refractivity contribution in [3.05, 3.63) is 47.9 Å². The molecule has 1 aliphatic carbocycles. The van der Waals surface area contributed by atoms with Crippen molar-refractivity contribution in [1.82, 2.24) is 10.3 Å². The van der Waals surface area contributed by atoms with Gasteiger partial charge in [0.1, 0.15) is 5.82 Å². The Bertz CT molecular complexity index is 594. The topological polar surface area (TPSA) is 34.1 Å². The molecule has 0 bridgehead atoms. The molecule has 1 N–H and O–H groups in total. The molecule has 1 saturated carbocycles. The fourth-order valence-corrected chi connectivity index (χ4v) is 2.17. The summed E-state index contributed by atoms with van der Waals surface area (Å²) in [4.78, 5) is 4.19. The summed E-state index contributed by atoms with van der Waals surface area (Å²) in [5.41, 5.74) is 2.87. The Balaban J connectivity index is 1.89. The van der Waals surface area contributed by atoms with Gasteiger partial charge in [-0.1, -0.05) is 6.07 Å². The van der Waals surface area contributed by atoms with Crippen LogP contribution in [0.25, 0.3) is 11.1 Å². The highest BCUT2D eigenvalue weighted by molar-refractivity contribution is 5.67. The van der Waals surface area contributed by atoms with Crippen molar-refractivity contribution in [2.45, 2.75) is 25.4 Å². The van der Waals surface area contributed by atoms with Crippen molar-refractivity contribution in [1.29, 1.82) is 0 Å². The summed E-state index contributed by atoms with van der Waals surface area (Å²) in [6.07, 6.45) is 4.19. The molecule has 1 aliphatic rings. The van der Waals surface area contributed by atoms with Gasteiger partial charge in [-0.05, 0) is 42.2 Å². The minimum Gasteiger partial charge on any atom is -0.481 e. The van der Waals surface area contributed by atoms with Crippen molar-refractivity contribution >= 4 is 0 Å². The summed E-state index contributed by atoms with van der Waals surface area (Å²) in [6, 6.07) is 9.23. The number of pyridine rings is 1. The van der Waals surface area contributed by atoms with Crippen molar-refractivity contribution in [3.63, 3.8) is 0 Å². The quantitative estimate of drug-likeness (QED) is 0.908. The normalized spacial score (nSPS) is 14.3. The highest BCUT2D eigenvalue weighted by atomic mass is 19.1. The molecular formula is C16H17FN2O. The van der Waals surface area contributed by atoms with Crippen LogP contribution in [-0.4, -0.2) is 18.1 Å². The van der Waals surface area contributed by atoms with Gasteiger partial charge >= 0.3 is 0 Å². The van der Waals surface area contributed by atoms with Crippen LogP contribution in [0.2, 0.25) is 0 Å². The molecule has 2 aromatic rings. The van der Waals surface area contributed by atoms with Gasteiger partial charge in [0.15, 0.2) is 0 Å². The van der Waals surface area contributed by atoms with Gasteiger partial charge < -0.3 is 10.1 Å². The standard InChI is InChI=1S/C16H17FN2O/c1-20-16-7-3-12(10-19-16)15-8-13(17)4-2-11(15)9-18-14-5-6-14/h2-4,7-8,10,14,18H,5-6,9H2,1H3. The van der Waals surface area contributed by atoms with Crippen LogP contribution in [0.1, 0.15) is 18.4 Å². The van der Waals surface area contributed by atoms with E-state index in [9.17, 15) is 4.39 Å². The highest BCUT2D eigenvalue weighted by Crippen LogP contribution is 2.27. The van der Waals surface area contributed by atoms with Gasteiger partial charge in [-0.25, -0.2) is 9.37 Å². The maximum atomic E-state index is 13.5. The van der Waals surface area contributed by atoms with E-state index >= 15 is 0 Å². The molecule has 3 nitrogen and oxygen atoms in total. The predicted octanol–water partition coefficient (Wildman–Crippen LogP) is 3.15. The molecule has 1 heterocycles. The van der Waals surface area contributed by atoms with Gasteiger partial charge in [0.05, 0.1) is 7.11 Å². The van der Waals surface area contributed by atoms with Gasteiger partial charge in [-0.15, -0.1) is 0 Å². The number of nitrogens with one attached hydrogen (secondary N) is 1. The van der Waals surface area contributed by atoms with E-state index in [4.69, 9.17) is 4.74 Å². The van der Waals surface area contributed by atoms with Crippen molar-refractivity contribution < 1.29 is 9.13 Å². The molecule has 4 heteroatoms. The van der Waals surface area contributed by atoms with Crippen molar-refractivity contribution in [2.24, 2.45) is 0 Å². The summed E-state index contributed by atoms with van der Waals surface area (Å²) < 4.78 is 18.6. The molecule has 20 heavy (non-hydrogen) atoms. The van der Waals surface area contributed by atoms with Crippen LogP contribution in [0.3, 0.4) is 0 Å². The van der Waals surface area contributed by atoms with Gasteiger partial charge in [0.2, 0.25) is 5.88 Å². The lowest BCUT2D eigenvalue weighted by Gasteiger charge is -2.11. The predicted molar refractivity (Wildman–Crippen MR) is 76.0 cm³/mol. The van der Waals surface area contributed by atoms with Crippen molar-refractivity contribution in [2.75, 3.05) is 7.11 Å². The number of benzene rings is 1. The molecule has 1 fully saturated rings. The minimum atomic E-state index is -0.231. The first-order valence-corrected chi connectivity index (χ1v) is 6.78. The molecule has 0 unspecified atom stereocenters. The molecule has 0 amide bonds. The van der Waals surface area contributed by atoms with Crippen LogP contribution in [-0.2, 0) is 6.54 Å². The number of nitrogens with zero attached hydrogens (tertiary/aromatic N) is 1. The number of aromatic nitrogens is 1. The molecular weight excluding hydrogens is 255 g/mol. The molecule has 104 valence electrons. The molecule has 1 aromatic carbocycles. The van der Waals surface area contributed by atoms with Gasteiger partial charge in [0.25, 0.3) is 0 Å².